The summed E-state index contributed by atoms with van der Waals surface area (Å²) in [6.07, 6.45) is 0. The molecule has 10 heteroatoms. The van der Waals surface area contributed by atoms with Gasteiger partial charge in [-0.25, -0.2) is 0 Å². The molecule has 0 unspecified atom stereocenters. The molecular weight excluding hydrogens is 312 g/mol. The Morgan fingerprint density at radius 3 is 0.800 bits per heavy atom. The molecule has 0 bridgehead atoms. The van der Waals surface area contributed by atoms with Crippen molar-refractivity contribution >= 4 is 59.1 Å². The van der Waals surface area contributed by atoms with Crippen molar-refractivity contribution in [3.63, 3.8) is 0 Å². The average molecular weight is 313 g/mol. The van der Waals surface area contributed by atoms with Gasteiger partial charge in [0.25, 0.3) is 0 Å². The van der Waals surface area contributed by atoms with E-state index in [1.807, 2.05) is 0 Å². The van der Waals surface area contributed by atoms with Crippen LogP contribution in [0.3, 0.4) is 0 Å². The molecule has 0 amide bonds. The van der Waals surface area contributed by atoms with Crippen molar-refractivity contribution in [2.45, 2.75) is 0 Å². The topological polar surface area (TPSA) is 54.4 Å². The van der Waals surface area contributed by atoms with Gasteiger partial charge in [0.05, 0.1) is 0 Å². The van der Waals surface area contributed by atoms with Crippen molar-refractivity contribution in [3.8, 4) is 0 Å². The van der Waals surface area contributed by atoms with Gasteiger partial charge in [-0.05, 0) is 0 Å². The predicted molar refractivity (Wildman–Crippen MR) is 38.7 cm³/mol. The third-order valence-electron chi connectivity index (χ3n) is 0. The Morgan fingerprint density at radius 1 is 0.800 bits per heavy atom. The summed E-state index contributed by atoms with van der Waals surface area (Å²) < 4.78 is 19.6. The van der Waals surface area contributed by atoms with Crippen LogP contribution in [-0.4, -0.2) is 4.03 Å². The Kier molecular flexibility index (Phi) is 0.881. The second-order valence-electron chi connectivity index (χ2n) is 2.48. The Hall–Kier alpha value is 1.88. The second-order valence-corrected chi connectivity index (χ2v) is 52.4. The van der Waals surface area contributed by atoms with Crippen LogP contribution in [0.4, 0.5) is 0 Å². The number of hydrogen-bond acceptors (Lipinski definition) is 2. The summed E-state index contributed by atoms with van der Waals surface area (Å²) in [6, 6.07) is 0. The molecule has 0 heterocycles. The van der Waals surface area contributed by atoms with E-state index in [2.05, 4.69) is 59.1 Å². The van der Waals surface area contributed by atoms with E-state index in [0.717, 1.165) is 0 Å². The van der Waals surface area contributed by atoms with E-state index in [9.17, 15) is 7.35 Å². The van der Waals surface area contributed by atoms with Crippen molar-refractivity contribution in [1.29, 1.82) is 0 Å². The Labute approximate surface area is 72.6 Å². The average Bonchev–Trinajstić information content (AvgIpc) is 0.469. The van der Waals surface area contributed by atoms with E-state index in [1.54, 1.807) is 0 Å². The van der Waals surface area contributed by atoms with Gasteiger partial charge in [-0.3, -0.25) is 0 Å². The Bertz CT molecular complexity index is 412. The zero-order valence-electron chi connectivity index (χ0n) is 3.98. The van der Waals surface area contributed by atoms with E-state index in [-0.39, 0.29) is 0 Å². The van der Waals surface area contributed by atoms with Gasteiger partial charge in [-0.15, -0.1) is 0 Å². The fourth-order valence-electron chi connectivity index (χ4n) is 0. The van der Waals surface area contributed by atoms with Crippen molar-refractivity contribution in [1.82, 2.24) is 0 Å². The first-order valence-electron chi connectivity index (χ1n) is 1.58. The maximum absolute atomic E-state index is 10.7. The molecular formula is HCl6O3V. The summed E-state index contributed by atoms with van der Waals surface area (Å²) in [4.78, 5) is 0. The van der Waals surface area contributed by atoms with Gasteiger partial charge in [0.2, 0.25) is 0 Å². The standard InChI is InChI=1S/6ClH.H2O.2O.V/h6*1H;1H2;;;/q;;;;;;;;;+7/p-7. The zero-order chi connectivity index (χ0) is 9.33. The molecule has 0 aromatic carbocycles. The van der Waals surface area contributed by atoms with Gasteiger partial charge in [0.1, 0.15) is 0 Å². The van der Waals surface area contributed by atoms with Gasteiger partial charge in [-0.2, -0.15) is 0 Å². The molecule has 0 atom stereocenters. The fraction of sp³-hybridized carbons (Fsp3) is 0. The van der Waals surface area contributed by atoms with E-state index in [1.165, 1.54) is 0 Å². The molecule has 10 heavy (non-hydrogen) atoms. The number of halogens is 6. The SMILES string of the molecule is [O]=[V](=[O])([OH])([Cl])([Cl])([Cl])([Cl])([Cl])[Cl]. The monoisotopic (exact) mass is 310 g/mol. The maximum atomic E-state index is 10.7. The van der Waals surface area contributed by atoms with Crippen LogP contribution in [0, 0.1) is 0 Å². The van der Waals surface area contributed by atoms with Gasteiger partial charge in [-0.1, -0.05) is 0 Å². The molecule has 0 aromatic heterocycles. The van der Waals surface area contributed by atoms with E-state index >= 15 is 0 Å². The second kappa shape index (κ2) is 0.741. The van der Waals surface area contributed by atoms with E-state index < -0.39 is 2.85 Å². The first kappa shape index (κ1) is 11.9. The van der Waals surface area contributed by atoms with Crippen LogP contribution >= 0.6 is 59.1 Å². The quantitative estimate of drug-likeness (QED) is 0.746. The zero-order valence-corrected chi connectivity index (χ0v) is 9.91. The van der Waals surface area contributed by atoms with Crippen LogP contribution < -0.4 is 0 Å². The molecule has 0 fully saturated rings. The molecule has 66 valence electrons. The van der Waals surface area contributed by atoms with Crippen LogP contribution in [0.2, 0.25) is 0 Å². The molecule has 0 rings (SSSR count). The van der Waals surface area contributed by atoms with Crippen LogP contribution in [-0.2, 0) is 10.2 Å². The van der Waals surface area contributed by atoms with Crippen molar-refractivity contribution in [2.75, 3.05) is 0 Å². The summed E-state index contributed by atoms with van der Waals surface area (Å²) in [5.74, 6) is 0. The van der Waals surface area contributed by atoms with Crippen LogP contribution in [0.5, 0.6) is 0 Å². The fourth-order valence-corrected chi connectivity index (χ4v) is 0. The van der Waals surface area contributed by atoms with Gasteiger partial charge in [0, 0.05) is 0 Å². The summed E-state index contributed by atoms with van der Waals surface area (Å²) in [5.41, 5.74) is 0. The van der Waals surface area contributed by atoms with Gasteiger partial charge in [0.15, 0.2) is 0 Å². The molecule has 0 saturated carbocycles. The first-order chi connectivity index (χ1) is 3.00. The molecule has 0 aromatic rings. The number of hydrogen-bond donors (Lipinski definition) is 1. The molecule has 3 nitrogen and oxygen atoms in total. The van der Waals surface area contributed by atoms with Crippen molar-refractivity contribution in [2.24, 2.45) is 0 Å². The molecule has 0 aliphatic rings. The summed E-state index contributed by atoms with van der Waals surface area (Å²) >= 11 is 0. The molecule has 0 spiro atoms. The third-order valence-corrected chi connectivity index (χ3v) is 0. The minimum absolute atomic E-state index is 4.22. The van der Waals surface area contributed by atoms with E-state index in [0.29, 0.717) is 0 Å². The molecule has 0 radical (unpaired) electrons. The molecule has 0 aliphatic carbocycles. The van der Waals surface area contributed by atoms with E-state index in [4.69, 9.17) is 4.03 Å². The van der Waals surface area contributed by atoms with Gasteiger partial charge < -0.3 is 0 Å². The number of rotatable bonds is 0. The first-order valence-corrected chi connectivity index (χ1v) is 14.9. The van der Waals surface area contributed by atoms with Crippen LogP contribution in [0.1, 0.15) is 0 Å². The van der Waals surface area contributed by atoms with Crippen LogP contribution in [0.25, 0.3) is 0 Å². The summed E-state index contributed by atoms with van der Waals surface area (Å²) in [5, 5.41) is 0. The van der Waals surface area contributed by atoms with Crippen molar-refractivity contribution in [3.05, 3.63) is 0 Å². The minimum atomic E-state index is -10.4. The summed E-state index contributed by atoms with van der Waals surface area (Å²) in [6.45, 7) is 0. The Balaban J connectivity index is 7.41. The normalized spacial score (nSPS) is 34.9. The van der Waals surface area contributed by atoms with Crippen LogP contribution in [0.15, 0.2) is 0 Å². The third kappa shape index (κ3) is 220. The molecule has 0 saturated heterocycles. The van der Waals surface area contributed by atoms with Gasteiger partial charge >= 0.3 is 73.3 Å². The summed E-state index contributed by atoms with van der Waals surface area (Å²) in [7, 11) is 25.3. The Morgan fingerprint density at radius 2 is 0.800 bits per heavy atom. The molecule has 0 aliphatic heterocycles. The molecule has 1 N–H and O–H groups in total. The van der Waals surface area contributed by atoms with Crippen molar-refractivity contribution < 1.29 is 14.2 Å². The predicted octanol–water partition coefficient (Wildman–Crippen LogP) is 3.34.